The molecule has 1 aromatic carbocycles. The number of carbonyl (C=O) groups excluding carboxylic acids is 1. The molecule has 1 fully saturated rings. The van der Waals surface area contributed by atoms with Gasteiger partial charge >= 0.3 is 0 Å². The number of carbonyl (C=O) groups is 1. The van der Waals surface area contributed by atoms with Crippen LogP contribution in [0.1, 0.15) is 32.1 Å². The number of amides is 1. The Labute approximate surface area is 102 Å². The molecule has 1 amide bonds. The third-order valence-electron chi connectivity index (χ3n) is 3.37. The molecule has 1 aliphatic carbocycles. The summed E-state index contributed by atoms with van der Waals surface area (Å²) in [6, 6.07) is 9.45. The van der Waals surface area contributed by atoms with E-state index >= 15 is 0 Å². The number of aliphatic hydroxyl groups excluding tert-OH is 1. The van der Waals surface area contributed by atoms with E-state index in [2.05, 4.69) is 5.32 Å². The lowest BCUT2D eigenvalue weighted by Crippen LogP contribution is -2.28. The van der Waals surface area contributed by atoms with Gasteiger partial charge in [0.05, 0.1) is 6.10 Å². The predicted molar refractivity (Wildman–Crippen MR) is 67.7 cm³/mol. The maximum Gasteiger partial charge on any atom is 0.224 e. The molecule has 2 atom stereocenters. The fraction of sp³-hybridized carbons (Fsp3) is 0.500. The van der Waals surface area contributed by atoms with E-state index in [1.807, 2.05) is 30.3 Å². The van der Waals surface area contributed by atoms with Crippen molar-refractivity contribution in [2.24, 2.45) is 5.92 Å². The van der Waals surface area contributed by atoms with Gasteiger partial charge in [-0.1, -0.05) is 31.0 Å². The Bertz CT molecular complexity index is 364. The molecular weight excluding hydrogens is 214 g/mol. The number of benzene rings is 1. The van der Waals surface area contributed by atoms with Crippen LogP contribution in [-0.4, -0.2) is 17.1 Å². The van der Waals surface area contributed by atoms with Crippen LogP contribution in [0.3, 0.4) is 0 Å². The van der Waals surface area contributed by atoms with E-state index in [0.717, 1.165) is 31.4 Å². The van der Waals surface area contributed by atoms with Crippen molar-refractivity contribution in [1.82, 2.24) is 0 Å². The molecule has 0 aromatic heterocycles. The third kappa shape index (κ3) is 3.56. The van der Waals surface area contributed by atoms with Gasteiger partial charge in [-0.25, -0.2) is 0 Å². The van der Waals surface area contributed by atoms with Gasteiger partial charge < -0.3 is 10.4 Å². The summed E-state index contributed by atoms with van der Waals surface area (Å²) in [6.45, 7) is 0. The first-order valence-corrected chi connectivity index (χ1v) is 6.28. The Kier molecular flexibility index (Phi) is 4.15. The van der Waals surface area contributed by atoms with Crippen LogP contribution in [0.5, 0.6) is 0 Å². The van der Waals surface area contributed by atoms with Gasteiger partial charge in [0.15, 0.2) is 0 Å². The summed E-state index contributed by atoms with van der Waals surface area (Å²) >= 11 is 0. The molecule has 2 unspecified atom stereocenters. The molecule has 0 saturated heterocycles. The highest BCUT2D eigenvalue weighted by molar-refractivity contribution is 5.90. The van der Waals surface area contributed by atoms with Gasteiger partial charge in [-0.15, -0.1) is 0 Å². The zero-order valence-electron chi connectivity index (χ0n) is 9.93. The van der Waals surface area contributed by atoms with Crippen LogP contribution >= 0.6 is 0 Å². The molecule has 92 valence electrons. The first-order valence-electron chi connectivity index (χ1n) is 6.28. The standard InChI is InChI=1S/C14H19NO2/c16-13-9-5-4-6-11(13)10-14(17)15-12-7-2-1-3-8-12/h1-3,7-8,11,13,16H,4-6,9-10H2,(H,15,17). The molecule has 3 heteroatoms. The monoisotopic (exact) mass is 233 g/mol. The molecule has 3 nitrogen and oxygen atoms in total. The van der Waals surface area contributed by atoms with E-state index in [0.29, 0.717) is 6.42 Å². The molecule has 1 saturated carbocycles. The molecule has 0 radical (unpaired) electrons. The van der Waals surface area contributed by atoms with E-state index in [9.17, 15) is 9.90 Å². The van der Waals surface area contributed by atoms with Crippen LogP contribution < -0.4 is 5.32 Å². The van der Waals surface area contributed by atoms with Crippen molar-refractivity contribution in [2.75, 3.05) is 5.32 Å². The van der Waals surface area contributed by atoms with E-state index in [1.165, 1.54) is 0 Å². The molecule has 1 aromatic rings. The van der Waals surface area contributed by atoms with Crippen LogP contribution in [0.15, 0.2) is 30.3 Å². The molecule has 0 heterocycles. The van der Waals surface area contributed by atoms with Crippen LogP contribution in [0.25, 0.3) is 0 Å². The molecule has 2 rings (SSSR count). The van der Waals surface area contributed by atoms with Gasteiger partial charge in [-0.05, 0) is 30.9 Å². The largest absolute Gasteiger partial charge is 0.393 e. The minimum absolute atomic E-state index is 0.00199. The predicted octanol–water partition coefficient (Wildman–Crippen LogP) is 2.57. The molecular formula is C14H19NO2. The number of hydrogen-bond acceptors (Lipinski definition) is 2. The van der Waals surface area contributed by atoms with Crippen molar-refractivity contribution < 1.29 is 9.90 Å². The van der Waals surface area contributed by atoms with E-state index in [-0.39, 0.29) is 17.9 Å². The third-order valence-corrected chi connectivity index (χ3v) is 3.37. The lowest BCUT2D eigenvalue weighted by Gasteiger charge is -2.26. The summed E-state index contributed by atoms with van der Waals surface area (Å²) < 4.78 is 0. The Morgan fingerprint density at radius 3 is 2.65 bits per heavy atom. The number of nitrogens with one attached hydrogen (secondary N) is 1. The smallest absolute Gasteiger partial charge is 0.224 e. The Morgan fingerprint density at radius 2 is 1.94 bits per heavy atom. The zero-order valence-corrected chi connectivity index (χ0v) is 9.93. The second-order valence-corrected chi connectivity index (χ2v) is 4.73. The highest BCUT2D eigenvalue weighted by Crippen LogP contribution is 2.27. The van der Waals surface area contributed by atoms with E-state index < -0.39 is 0 Å². The number of aliphatic hydroxyl groups is 1. The van der Waals surface area contributed by atoms with E-state index in [1.54, 1.807) is 0 Å². The zero-order chi connectivity index (χ0) is 12.1. The van der Waals surface area contributed by atoms with Crippen molar-refractivity contribution in [3.05, 3.63) is 30.3 Å². The minimum atomic E-state index is -0.301. The normalized spacial score (nSPS) is 24.3. The topological polar surface area (TPSA) is 49.3 Å². The molecule has 0 aliphatic heterocycles. The Balaban J connectivity index is 1.84. The highest BCUT2D eigenvalue weighted by Gasteiger charge is 2.25. The van der Waals surface area contributed by atoms with Crippen molar-refractivity contribution in [1.29, 1.82) is 0 Å². The maximum atomic E-state index is 11.8. The van der Waals surface area contributed by atoms with Crippen molar-refractivity contribution >= 4 is 11.6 Å². The molecule has 0 spiro atoms. The maximum absolute atomic E-state index is 11.8. The summed E-state index contributed by atoms with van der Waals surface area (Å²) in [5.74, 6) is 0.134. The average molecular weight is 233 g/mol. The van der Waals surface area contributed by atoms with Crippen molar-refractivity contribution in [2.45, 2.75) is 38.2 Å². The lowest BCUT2D eigenvalue weighted by molar-refractivity contribution is -0.118. The number of para-hydroxylation sites is 1. The quantitative estimate of drug-likeness (QED) is 0.843. The second-order valence-electron chi connectivity index (χ2n) is 4.73. The van der Waals surface area contributed by atoms with E-state index in [4.69, 9.17) is 0 Å². The summed E-state index contributed by atoms with van der Waals surface area (Å²) in [5, 5.41) is 12.7. The molecule has 0 bridgehead atoms. The fourth-order valence-electron chi connectivity index (χ4n) is 2.40. The highest BCUT2D eigenvalue weighted by atomic mass is 16.3. The van der Waals surface area contributed by atoms with Gasteiger partial charge in [0.1, 0.15) is 0 Å². The van der Waals surface area contributed by atoms with Crippen LogP contribution in [-0.2, 0) is 4.79 Å². The van der Waals surface area contributed by atoms with Crippen LogP contribution in [0, 0.1) is 5.92 Å². The summed E-state index contributed by atoms with van der Waals surface area (Å²) in [6.07, 6.45) is 4.13. The second kappa shape index (κ2) is 5.82. The van der Waals surface area contributed by atoms with Crippen LogP contribution in [0.4, 0.5) is 5.69 Å². The SMILES string of the molecule is O=C(CC1CCCCC1O)Nc1ccccc1. The van der Waals surface area contributed by atoms with Crippen molar-refractivity contribution in [3.63, 3.8) is 0 Å². The Morgan fingerprint density at radius 1 is 1.24 bits per heavy atom. The molecule has 2 N–H and O–H groups in total. The van der Waals surface area contributed by atoms with Gasteiger partial charge in [0, 0.05) is 12.1 Å². The average Bonchev–Trinajstić information content (AvgIpc) is 2.33. The van der Waals surface area contributed by atoms with Gasteiger partial charge in [-0.2, -0.15) is 0 Å². The molecule has 1 aliphatic rings. The number of hydrogen-bond donors (Lipinski definition) is 2. The fourth-order valence-corrected chi connectivity index (χ4v) is 2.40. The van der Waals surface area contributed by atoms with Gasteiger partial charge in [0.2, 0.25) is 5.91 Å². The summed E-state index contributed by atoms with van der Waals surface area (Å²) in [5.41, 5.74) is 0.822. The summed E-state index contributed by atoms with van der Waals surface area (Å²) in [7, 11) is 0. The number of anilines is 1. The first kappa shape index (κ1) is 12.1. The van der Waals surface area contributed by atoms with Gasteiger partial charge in [-0.3, -0.25) is 4.79 Å². The Hall–Kier alpha value is -1.35. The lowest BCUT2D eigenvalue weighted by atomic mass is 9.84. The van der Waals surface area contributed by atoms with Crippen molar-refractivity contribution in [3.8, 4) is 0 Å². The summed E-state index contributed by atoms with van der Waals surface area (Å²) in [4.78, 5) is 11.8. The van der Waals surface area contributed by atoms with Gasteiger partial charge in [0.25, 0.3) is 0 Å². The minimum Gasteiger partial charge on any atom is -0.393 e. The first-order chi connectivity index (χ1) is 8.25. The van der Waals surface area contributed by atoms with Crippen LogP contribution in [0.2, 0.25) is 0 Å². The number of rotatable bonds is 3. The molecule has 17 heavy (non-hydrogen) atoms.